The minimum absolute atomic E-state index is 0.173. The van der Waals surface area contributed by atoms with Crippen molar-refractivity contribution in [3.8, 4) is 44.5 Å². The summed E-state index contributed by atoms with van der Waals surface area (Å²) in [6, 6.07) is 35.8. The molecule has 10 rings (SSSR count). The summed E-state index contributed by atoms with van der Waals surface area (Å²) >= 11 is 0. The third kappa shape index (κ3) is 7.78. The van der Waals surface area contributed by atoms with Crippen molar-refractivity contribution in [1.82, 2.24) is 19.9 Å². The second-order valence-corrected chi connectivity index (χ2v) is 16.0. The van der Waals surface area contributed by atoms with E-state index >= 15 is 0 Å². The average Bonchev–Trinajstić information content (AvgIpc) is 4.15. The van der Waals surface area contributed by atoms with Crippen LogP contribution in [0.2, 0.25) is 0 Å². The van der Waals surface area contributed by atoms with E-state index in [1.807, 2.05) is 83.9 Å². The van der Waals surface area contributed by atoms with Gasteiger partial charge in [-0.3, -0.25) is 9.59 Å². The van der Waals surface area contributed by atoms with E-state index in [0.717, 1.165) is 89.4 Å². The van der Waals surface area contributed by atoms with Gasteiger partial charge in [0, 0.05) is 105 Å². The van der Waals surface area contributed by atoms with E-state index in [4.69, 9.17) is 9.97 Å². The minimum Gasteiger partial charge on any atom is -0.354 e. The van der Waals surface area contributed by atoms with Gasteiger partial charge in [-0.05, 0) is 107 Å². The second kappa shape index (κ2) is 16.4. The van der Waals surface area contributed by atoms with Crippen LogP contribution in [-0.4, -0.2) is 31.8 Å². The molecule has 0 radical (unpaired) electrons. The molecule has 2 aliphatic rings. The second-order valence-electron chi connectivity index (χ2n) is 16.0. The molecule has 2 amide bonds. The molecule has 310 valence electrons. The van der Waals surface area contributed by atoms with Crippen molar-refractivity contribution in [1.29, 1.82) is 0 Å². The first-order valence-electron chi connectivity index (χ1n) is 21.0. The molecule has 0 saturated heterocycles. The van der Waals surface area contributed by atoms with E-state index in [2.05, 4.69) is 118 Å². The maximum atomic E-state index is 13.3. The Labute approximate surface area is 369 Å². The Morgan fingerprint density at radius 2 is 0.734 bits per heavy atom. The summed E-state index contributed by atoms with van der Waals surface area (Å²) in [5, 5.41) is 5.76. The molecule has 0 fully saturated rings. The topological polar surface area (TPSA) is 127 Å². The van der Waals surface area contributed by atoms with Crippen LogP contribution in [0.3, 0.4) is 0 Å². The van der Waals surface area contributed by atoms with Crippen LogP contribution < -0.4 is 24.3 Å². The van der Waals surface area contributed by atoms with Gasteiger partial charge in [-0.25, -0.2) is 23.7 Å². The third-order valence-electron chi connectivity index (χ3n) is 11.5. The molecule has 0 atom stereocenters. The molecular weight excluding hydrogens is 795 g/mol. The molecule has 8 bridgehead atoms. The standard InChI is InChI=1S/C53H41N9O2/c1-33(63)54-39-11-7-38(8-12-39)53(64)55-40-9-5-34(6-10-40)49-41-13-15-43(56-41)50(35-21-27-60(2)28-22-35)45-17-19-47(58-45)52(37-25-31-62(4)32-26-37)48-20-18-46(59-48)51(44-16-14-42(49)57-44)36-23-29-61(3)30-24-36/h5-32H,1-4H3,(H-2,54,55,56,57,58,59,63,64)/p+3. The fourth-order valence-electron chi connectivity index (χ4n) is 8.25. The fraction of sp³-hybridized carbons (Fsp3) is 0.0755. The van der Waals surface area contributed by atoms with Gasteiger partial charge in [0.2, 0.25) is 5.91 Å². The molecule has 0 spiro atoms. The van der Waals surface area contributed by atoms with Crippen molar-refractivity contribution in [2.24, 2.45) is 21.1 Å². The molecule has 6 aromatic heterocycles. The Morgan fingerprint density at radius 1 is 0.422 bits per heavy atom. The number of aromatic nitrogens is 7. The number of nitrogens with zero attached hydrogens (tertiary/aromatic N) is 5. The van der Waals surface area contributed by atoms with Crippen molar-refractivity contribution >= 4 is 69.6 Å². The Bertz CT molecular complexity index is 3320. The van der Waals surface area contributed by atoms with Gasteiger partial charge in [0.1, 0.15) is 21.1 Å². The number of H-pyrrole nitrogens is 2. The lowest BCUT2D eigenvalue weighted by Gasteiger charge is -2.09. The quantitative estimate of drug-likeness (QED) is 0.120. The van der Waals surface area contributed by atoms with Crippen LogP contribution in [0, 0.1) is 0 Å². The molecular formula is C53H44N9O2+3. The highest BCUT2D eigenvalue weighted by Gasteiger charge is 2.20. The number of carbonyl (C=O) groups is 2. The molecule has 8 heterocycles. The van der Waals surface area contributed by atoms with Gasteiger partial charge < -0.3 is 20.6 Å². The molecule has 0 aliphatic carbocycles. The van der Waals surface area contributed by atoms with Crippen molar-refractivity contribution in [2.45, 2.75) is 6.92 Å². The summed E-state index contributed by atoms with van der Waals surface area (Å²) < 4.78 is 6.08. The van der Waals surface area contributed by atoms with Crippen molar-refractivity contribution in [3.63, 3.8) is 0 Å². The maximum Gasteiger partial charge on any atom is 0.255 e. The van der Waals surface area contributed by atoms with Crippen LogP contribution in [0.4, 0.5) is 11.4 Å². The van der Waals surface area contributed by atoms with Gasteiger partial charge in [-0.1, -0.05) is 12.1 Å². The molecule has 0 unspecified atom stereocenters. The van der Waals surface area contributed by atoms with E-state index in [1.54, 1.807) is 24.3 Å². The van der Waals surface area contributed by atoms with E-state index in [0.29, 0.717) is 16.9 Å². The van der Waals surface area contributed by atoms with Gasteiger partial charge in [0.25, 0.3) is 5.91 Å². The maximum absolute atomic E-state index is 13.3. The zero-order chi connectivity index (χ0) is 43.9. The number of hydrogen-bond donors (Lipinski definition) is 4. The number of carbonyl (C=O) groups excluding carboxylic acids is 2. The number of benzene rings is 2. The van der Waals surface area contributed by atoms with Crippen LogP contribution in [-0.2, 0) is 25.9 Å². The van der Waals surface area contributed by atoms with E-state index in [1.165, 1.54) is 6.92 Å². The number of anilines is 2. The number of fused-ring (bicyclic) bond motifs is 8. The number of pyridine rings is 3. The van der Waals surface area contributed by atoms with Gasteiger partial charge in [0.15, 0.2) is 37.2 Å². The summed E-state index contributed by atoms with van der Waals surface area (Å²) in [6.07, 6.45) is 20.7. The lowest BCUT2D eigenvalue weighted by atomic mass is 10.0. The smallest absolute Gasteiger partial charge is 0.255 e. The Kier molecular flexibility index (Phi) is 10.1. The largest absolute Gasteiger partial charge is 0.354 e. The van der Waals surface area contributed by atoms with Crippen molar-refractivity contribution < 1.29 is 23.3 Å². The summed E-state index contributed by atoms with van der Waals surface area (Å²) in [7, 11) is 6.04. The van der Waals surface area contributed by atoms with Gasteiger partial charge >= 0.3 is 0 Å². The van der Waals surface area contributed by atoms with E-state index in [9.17, 15) is 9.59 Å². The highest BCUT2D eigenvalue weighted by atomic mass is 16.2. The van der Waals surface area contributed by atoms with Gasteiger partial charge in [-0.15, -0.1) is 0 Å². The Morgan fingerprint density at radius 3 is 1.08 bits per heavy atom. The number of nitrogens with one attached hydrogen (secondary N) is 4. The number of aryl methyl sites for hydroxylation is 3. The molecule has 8 aromatic rings. The fourth-order valence-corrected chi connectivity index (χ4v) is 8.25. The molecule has 64 heavy (non-hydrogen) atoms. The van der Waals surface area contributed by atoms with Crippen molar-refractivity contribution in [3.05, 3.63) is 175 Å². The SMILES string of the molecule is CC(=O)Nc1ccc(C(=O)Nc2ccc(-c3c4nc(c(-c5cc[n+](C)cc5)c5ccc([nH]5)c(-c5cc[n+](C)cc5)c5nc(c(-c6cc[n+](C)cc6)c6ccc3[nH]6)C=C5)C=C4)cc2)cc1. The lowest BCUT2D eigenvalue weighted by Crippen LogP contribution is -2.25. The van der Waals surface area contributed by atoms with Crippen LogP contribution in [0.15, 0.2) is 146 Å². The number of rotatable bonds is 7. The summed E-state index contributed by atoms with van der Waals surface area (Å²) in [5.74, 6) is -0.432. The molecule has 2 aromatic carbocycles. The Balaban J connectivity index is 1.21. The zero-order valence-electron chi connectivity index (χ0n) is 35.7. The van der Waals surface area contributed by atoms with E-state index < -0.39 is 0 Å². The van der Waals surface area contributed by atoms with Crippen LogP contribution in [0.5, 0.6) is 0 Å². The number of aromatic amines is 2. The van der Waals surface area contributed by atoms with E-state index in [-0.39, 0.29) is 11.8 Å². The first kappa shape index (κ1) is 39.6. The van der Waals surface area contributed by atoms with Gasteiger partial charge in [-0.2, -0.15) is 0 Å². The third-order valence-corrected chi connectivity index (χ3v) is 11.5. The number of amides is 2. The predicted molar refractivity (Wildman–Crippen MR) is 253 cm³/mol. The lowest BCUT2D eigenvalue weighted by molar-refractivity contribution is -0.671. The van der Waals surface area contributed by atoms with Crippen LogP contribution in [0.25, 0.3) is 90.9 Å². The molecule has 11 heteroatoms. The summed E-state index contributed by atoms with van der Waals surface area (Å²) in [5.41, 5.74) is 16.4. The van der Waals surface area contributed by atoms with Gasteiger partial charge in [0.05, 0.1) is 22.8 Å². The number of hydrogen-bond acceptors (Lipinski definition) is 4. The highest BCUT2D eigenvalue weighted by Crippen LogP contribution is 2.38. The van der Waals surface area contributed by atoms with Crippen LogP contribution in [0.1, 0.15) is 40.1 Å². The first-order valence-corrected chi connectivity index (χ1v) is 21.0. The normalized spacial score (nSPS) is 11.8. The minimum atomic E-state index is -0.259. The van der Waals surface area contributed by atoms with Crippen LogP contribution >= 0.6 is 0 Å². The monoisotopic (exact) mass is 838 g/mol. The Hall–Kier alpha value is -8.57. The molecule has 4 N–H and O–H groups in total. The summed E-state index contributed by atoms with van der Waals surface area (Å²) in [6.45, 7) is 1.45. The van der Waals surface area contributed by atoms with Crippen molar-refractivity contribution in [2.75, 3.05) is 10.6 Å². The molecule has 11 nitrogen and oxygen atoms in total. The first-order chi connectivity index (χ1) is 31.1. The average molecular weight is 839 g/mol. The zero-order valence-corrected chi connectivity index (χ0v) is 35.7. The predicted octanol–water partition coefficient (Wildman–Crippen LogP) is 9.01. The summed E-state index contributed by atoms with van der Waals surface area (Å²) in [4.78, 5) is 43.2. The highest BCUT2D eigenvalue weighted by molar-refractivity contribution is 6.05. The molecule has 0 saturated carbocycles. The molecule has 2 aliphatic heterocycles.